The number of fused-ring (bicyclic) bond motifs is 1. The van der Waals surface area contributed by atoms with Crippen molar-refractivity contribution in [2.75, 3.05) is 14.2 Å². The van der Waals surface area contributed by atoms with E-state index in [0.717, 1.165) is 16.9 Å². The molecule has 0 unspecified atom stereocenters. The van der Waals surface area contributed by atoms with Gasteiger partial charge in [0, 0.05) is 41.7 Å². The molecular formula is C27H26F2N2O4. The minimum atomic E-state index is -2.66. The molecule has 0 atom stereocenters. The molecule has 35 heavy (non-hydrogen) atoms. The summed E-state index contributed by atoms with van der Waals surface area (Å²) in [7, 11) is 3.16. The third kappa shape index (κ3) is 5.27. The number of aromatic carboxylic acids is 1. The summed E-state index contributed by atoms with van der Waals surface area (Å²) in [4.78, 5) is 12.4. The standard InChI is InChI=1S/C27H26F2N2O4/c1-34-20-9-6-17(7-10-20)16-31-24-13-19(26(28)29)8-11-22(24)23(25(31)27(32)33)15-30-14-18-4-3-5-21(12-18)35-2/h3-13,26,30H,14-16H2,1-2H3,(H,32,33). The third-order valence-electron chi connectivity index (χ3n) is 5.91. The average molecular weight is 481 g/mol. The van der Waals surface area contributed by atoms with E-state index in [0.29, 0.717) is 28.8 Å². The first kappa shape index (κ1) is 24.2. The largest absolute Gasteiger partial charge is 0.497 e. The van der Waals surface area contributed by atoms with E-state index in [4.69, 9.17) is 9.47 Å². The number of rotatable bonds is 10. The molecule has 0 amide bonds. The summed E-state index contributed by atoms with van der Waals surface area (Å²) in [6.45, 7) is 0.945. The minimum absolute atomic E-state index is 0.0698. The Morgan fingerprint density at radius 2 is 1.69 bits per heavy atom. The second-order valence-electron chi connectivity index (χ2n) is 8.10. The quantitative estimate of drug-likeness (QED) is 0.308. The molecule has 1 aromatic heterocycles. The van der Waals surface area contributed by atoms with Crippen molar-refractivity contribution >= 4 is 16.9 Å². The van der Waals surface area contributed by atoms with Gasteiger partial charge in [-0.3, -0.25) is 0 Å². The van der Waals surface area contributed by atoms with Crippen molar-refractivity contribution in [2.24, 2.45) is 0 Å². The van der Waals surface area contributed by atoms with Gasteiger partial charge in [-0.25, -0.2) is 13.6 Å². The van der Waals surface area contributed by atoms with Crippen LogP contribution < -0.4 is 14.8 Å². The van der Waals surface area contributed by atoms with Gasteiger partial charge in [0.15, 0.2) is 0 Å². The Labute approximate surface area is 201 Å². The number of nitrogens with zero attached hydrogens (tertiary/aromatic N) is 1. The number of carboxylic acids is 1. The van der Waals surface area contributed by atoms with Crippen LogP contribution in [0.1, 0.15) is 39.2 Å². The molecule has 0 aliphatic carbocycles. The van der Waals surface area contributed by atoms with Crippen molar-refractivity contribution < 1.29 is 28.2 Å². The fraction of sp³-hybridized carbons (Fsp3) is 0.222. The van der Waals surface area contributed by atoms with Crippen molar-refractivity contribution in [1.29, 1.82) is 0 Å². The van der Waals surface area contributed by atoms with Crippen LogP contribution in [-0.4, -0.2) is 29.9 Å². The van der Waals surface area contributed by atoms with Crippen LogP contribution in [0.15, 0.2) is 66.7 Å². The molecule has 0 fully saturated rings. The summed E-state index contributed by atoms with van der Waals surface area (Å²) in [6, 6.07) is 19.1. The Hall–Kier alpha value is -3.91. The summed E-state index contributed by atoms with van der Waals surface area (Å²) in [6.07, 6.45) is -2.66. The van der Waals surface area contributed by atoms with E-state index >= 15 is 0 Å². The molecule has 8 heteroatoms. The van der Waals surface area contributed by atoms with E-state index in [-0.39, 0.29) is 24.3 Å². The molecule has 2 N–H and O–H groups in total. The molecule has 4 aromatic rings. The molecule has 0 aliphatic heterocycles. The fourth-order valence-corrected chi connectivity index (χ4v) is 4.19. The van der Waals surface area contributed by atoms with E-state index in [2.05, 4.69) is 5.32 Å². The van der Waals surface area contributed by atoms with Crippen LogP contribution in [0.2, 0.25) is 0 Å². The zero-order chi connectivity index (χ0) is 24.9. The number of ether oxygens (including phenoxy) is 2. The van der Waals surface area contributed by atoms with Crippen molar-refractivity contribution in [1.82, 2.24) is 9.88 Å². The van der Waals surface area contributed by atoms with Gasteiger partial charge >= 0.3 is 5.97 Å². The van der Waals surface area contributed by atoms with E-state index < -0.39 is 12.4 Å². The molecule has 0 saturated heterocycles. The summed E-state index contributed by atoms with van der Waals surface area (Å²) >= 11 is 0. The first-order chi connectivity index (χ1) is 16.9. The fourth-order valence-electron chi connectivity index (χ4n) is 4.19. The molecule has 0 radical (unpaired) electrons. The smallest absolute Gasteiger partial charge is 0.352 e. The Morgan fingerprint density at radius 1 is 0.943 bits per heavy atom. The van der Waals surface area contributed by atoms with E-state index in [1.165, 1.54) is 12.1 Å². The maximum absolute atomic E-state index is 13.5. The second kappa shape index (κ2) is 10.6. The number of nitrogens with one attached hydrogen (secondary N) is 1. The topological polar surface area (TPSA) is 72.7 Å². The normalized spacial score (nSPS) is 11.2. The molecule has 3 aromatic carbocycles. The summed E-state index contributed by atoms with van der Waals surface area (Å²) in [5, 5.41) is 14.1. The summed E-state index contributed by atoms with van der Waals surface area (Å²) < 4.78 is 39.0. The van der Waals surface area contributed by atoms with Crippen LogP contribution in [0, 0.1) is 0 Å². The first-order valence-corrected chi connectivity index (χ1v) is 11.0. The molecule has 182 valence electrons. The molecule has 0 aliphatic rings. The predicted octanol–water partition coefficient (Wildman–Crippen LogP) is 5.63. The number of hydrogen-bond donors (Lipinski definition) is 2. The van der Waals surface area contributed by atoms with Crippen molar-refractivity contribution in [3.8, 4) is 11.5 Å². The van der Waals surface area contributed by atoms with Gasteiger partial charge in [0.25, 0.3) is 6.43 Å². The van der Waals surface area contributed by atoms with Crippen molar-refractivity contribution in [3.05, 3.63) is 94.7 Å². The zero-order valence-electron chi connectivity index (χ0n) is 19.4. The maximum Gasteiger partial charge on any atom is 0.352 e. The van der Waals surface area contributed by atoms with Gasteiger partial charge < -0.3 is 24.5 Å². The zero-order valence-corrected chi connectivity index (χ0v) is 19.4. The maximum atomic E-state index is 13.5. The van der Waals surface area contributed by atoms with Crippen LogP contribution >= 0.6 is 0 Å². The Morgan fingerprint density at radius 3 is 2.34 bits per heavy atom. The minimum Gasteiger partial charge on any atom is -0.497 e. The number of halogens is 2. The number of benzene rings is 3. The van der Waals surface area contributed by atoms with Gasteiger partial charge in [-0.1, -0.05) is 36.4 Å². The van der Waals surface area contributed by atoms with Crippen LogP contribution in [0.3, 0.4) is 0 Å². The van der Waals surface area contributed by atoms with Gasteiger partial charge in [-0.05, 0) is 41.5 Å². The molecule has 1 heterocycles. The Bertz CT molecular complexity index is 1330. The van der Waals surface area contributed by atoms with Crippen LogP contribution in [0.5, 0.6) is 11.5 Å². The van der Waals surface area contributed by atoms with Crippen LogP contribution in [0.4, 0.5) is 8.78 Å². The lowest BCUT2D eigenvalue weighted by atomic mass is 10.1. The number of aromatic nitrogens is 1. The van der Waals surface area contributed by atoms with E-state index in [1.807, 2.05) is 36.4 Å². The van der Waals surface area contributed by atoms with Gasteiger partial charge in [0.2, 0.25) is 0 Å². The lowest BCUT2D eigenvalue weighted by Crippen LogP contribution is -2.17. The third-order valence-corrected chi connectivity index (χ3v) is 5.91. The number of alkyl halides is 2. The first-order valence-electron chi connectivity index (χ1n) is 11.0. The molecule has 4 rings (SSSR count). The number of methoxy groups -OCH3 is 2. The molecule has 0 spiro atoms. The van der Waals surface area contributed by atoms with Crippen molar-refractivity contribution in [3.63, 3.8) is 0 Å². The van der Waals surface area contributed by atoms with E-state index in [1.54, 1.807) is 37.0 Å². The molecule has 6 nitrogen and oxygen atoms in total. The predicted molar refractivity (Wildman–Crippen MR) is 129 cm³/mol. The molecular weight excluding hydrogens is 454 g/mol. The average Bonchev–Trinajstić information content (AvgIpc) is 3.17. The Balaban J connectivity index is 1.73. The Kier molecular flexibility index (Phi) is 7.31. The van der Waals surface area contributed by atoms with E-state index in [9.17, 15) is 18.7 Å². The number of hydrogen-bond acceptors (Lipinski definition) is 4. The van der Waals surface area contributed by atoms with Gasteiger partial charge in [-0.15, -0.1) is 0 Å². The van der Waals surface area contributed by atoms with Gasteiger partial charge in [-0.2, -0.15) is 0 Å². The van der Waals surface area contributed by atoms with Crippen LogP contribution in [0.25, 0.3) is 10.9 Å². The summed E-state index contributed by atoms with van der Waals surface area (Å²) in [5.74, 6) is 0.282. The second-order valence-corrected chi connectivity index (χ2v) is 8.10. The number of carbonyl (C=O) groups is 1. The highest BCUT2D eigenvalue weighted by Crippen LogP contribution is 2.31. The SMILES string of the molecule is COc1ccc(Cn2c(C(=O)O)c(CNCc3cccc(OC)c3)c3ccc(C(F)F)cc32)cc1. The van der Waals surface area contributed by atoms with Gasteiger partial charge in [0.1, 0.15) is 17.2 Å². The van der Waals surface area contributed by atoms with Gasteiger partial charge in [0.05, 0.1) is 14.2 Å². The highest BCUT2D eigenvalue weighted by Gasteiger charge is 2.23. The van der Waals surface area contributed by atoms with Crippen molar-refractivity contribution in [2.45, 2.75) is 26.1 Å². The molecule has 0 saturated carbocycles. The number of carboxylic acid groups (broad SMARTS) is 1. The highest BCUT2D eigenvalue weighted by molar-refractivity contribution is 5.98. The highest BCUT2D eigenvalue weighted by atomic mass is 19.3. The lowest BCUT2D eigenvalue weighted by Gasteiger charge is -2.11. The summed E-state index contributed by atoms with van der Waals surface area (Å²) in [5.41, 5.74) is 2.71. The van der Waals surface area contributed by atoms with Crippen LogP contribution in [-0.2, 0) is 19.6 Å². The lowest BCUT2D eigenvalue weighted by molar-refractivity contribution is 0.0684. The monoisotopic (exact) mass is 480 g/mol. The molecule has 0 bridgehead atoms.